The van der Waals surface area contributed by atoms with E-state index >= 15 is 0 Å². The maximum Gasteiger partial charge on any atom is 0.242 e. The van der Waals surface area contributed by atoms with Gasteiger partial charge in [-0.1, -0.05) is 23.2 Å². The maximum atomic E-state index is 12.4. The molecule has 0 fully saturated rings. The Morgan fingerprint density at radius 2 is 1.86 bits per heavy atom. The highest BCUT2D eigenvalue weighted by Gasteiger charge is 2.24. The number of sulfonamides is 1. The molecule has 0 aliphatic carbocycles. The summed E-state index contributed by atoms with van der Waals surface area (Å²) in [6.07, 6.45) is 1.94. The first-order valence-corrected chi connectivity index (χ1v) is 9.76. The highest BCUT2D eigenvalue weighted by atomic mass is 35.5. The molecule has 0 saturated heterocycles. The normalized spacial score (nSPS) is 12.7. The summed E-state index contributed by atoms with van der Waals surface area (Å²) in [5, 5.41) is 3.50. The van der Waals surface area contributed by atoms with E-state index in [-0.39, 0.29) is 14.7 Å². The average Bonchev–Trinajstić information content (AvgIpc) is 2.40. The van der Waals surface area contributed by atoms with Gasteiger partial charge in [-0.3, -0.25) is 0 Å². The van der Waals surface area contributed by atoms with Crippen LogP contribution in [0.1, 0.15) is 19.4 Å². The predicted octanol–water partition coefficient (Wildman–Crippen LogP) is 3.13. The smallest absolute Gasteiger partial charge is 0.242 e. The van der Waals surface area contributed by atoms with Gasteiger partial charge in [0.2, 0.25) is 10.0 Å². The maximum absolute atomic E-state index is 12.4. The summed E-state index contributed by atoms with van der Waals surface area (Å²) in [6.45, 7) is 4.72. The van der Waals surface area contributed by atoms with Crippen molar-refractivity contribution in [3.8, 4) is 0 Å². The first-order chi connectivity index (χ1) is 9.63. The molecule has 1 aromatic carbocycles. The van der Waals surface area contributed by atoms with Crippen molar-refractivity contribution >= 4 is 45.0 Å². The molecule has 0 aromatic heterocycles. The van der Waals surface area contributed by atoms with Crippen LogP contribution in [0, 0.1) is 0 Å². The topological polar surface area (TPSA) is 58.2 Å². The van der Waals surface area contributed by atoms with E-state index in [1.165, 1.54) is 12.1 Å². The second-order valence-electron chi connectivity index (χ2n) is 5.19. The first-order valence-electron chi connectivity index (χ1n) is 6.30. The van der Waals surface area contributed by atoms with Gasteiger partial charge >= 0.3 is 0 Å². The van der Waals surface area contributed by atoms with E-state index in [1.54, 1.807) is 18.8 Å². The summed E-state index contributed by atoms with van der Waals surface area (Å²) < 4.78 is 27.2. The van der Waals surface area contributed by atoms with Crippen molar-refractivity contribution in [2.75, 3.05) is 19.8 Å². The number of hydrogen-bond donors (Lipinski definition) is 2. The minimum atomic E-state index is -3.67. The SMILES string of the molecule is CNCc1cc(S(=O)(=O)NCC(C)(C)SC)c(Cl)cc1Cl. The molecule has 0 saturated carbocycles. The fourth-order valence-electron chi connectivity index (χ4n) is 1.52. The van der Waals surface area contributed by atoms with E-state index in [9.17, 15) is 8.42 Å². The third-order valence-electron chi connectivity index (χ3n) is 3.00. The van der Waals surface area contributed by atoms with Gasteiger partial charge in [-0.2, -0.15) is 11.8 Å². The number of rotatable bonds is 7. The van der Waals surface area contributed by atoms with Crippen molar-refractivity contribution in [1.82, 2.24) is 10.0 Å². The Bertz CT molecular complexity index is 604. The minimum absolute atomic E-state index is 0.0516. The molecule has 4 nitrogen and oxygen atoms in total. The van der Waals surface area contributed by atoms with E-state index < -0.39 is 10.0 Å². The van der Waals surface area contributed by atoms with Crippen molar-refractivity contribution in [3.05, 3.63) is 27.7 Å². The van der Waals surface area contributed by atoms with Crippen molar-refractivity contribution in [2.45, 2.75) is 30.0 Å². The van der Waals surface area contributed by atoms with Crippen LogP contribution in [0.2, 0.25) is 10.0 Å². The number of halogens is 2. The molecule has 0 bridgehead atoms. The highest BCUT2D eigenvalue weighted by molar-refractivity contribution is 8.00. The molecule has 0 radical (unpaired) electrons. The fraction of sp³-hybridized carbons (Fsp3) is 0.538. The van der Waals surface area contributed by atoms with Crippen molar-refractivity contribution in [3.63, 3.8) is 0 Å². The molecule has 0 aliphatic heterocycles. The Hall–Kier alpha value is 0.0200. The lowest BCUT2D eigenvalue weighted by Gasteiger charge is -2.22. The Labute approximate surface area is 141 Å². The molecule has 0 spiro atoms. The molecular formula is C13H20Cl2N2O2S2. The number of benzene rings is 1. The number of hydrogen-bond acceptors (Lipinski definition) is 4. The van der Waals surface area contributed by atoms with E-state index in [4.69, 9.17) is 23.2 Å². The van der Waals surface area contributed by atoms with Crippen LogP contribution in [-0.4, -0.2) is 33.0 Å². The molecule has 1 aromatic rings. The molecule has 0 atom stereocenters. The second kappa shape index (κ2) is 7.53. The quantitative estimate of drug-likeness (QED) is 0.773. The highest BCUT2D eigenvalue weighted by Crippen LogP contribution is 2.29. The van der Waals surface area contributed by atoms with Crippen molar-refractivity contribution in [1.29, 1.82) is 0 Å². The van der Waals surface area contributed by atoms with Crippen LogP contribution in [0.4, 0.5) is 0 Å². The molecule has 21 heavy (non-hydrogen) atoms. The van der Waals surface area contributed by atoms with Crippen LogP contribution < -0.4 is 10.0 Å². The average molecular weight is 371 g/mol. The van der Waals surface area contributed by atoms with Crippen LogP contribution in [0.15, 0.2) is 17.0 Å². The van der Waals surface area contributed by atoms with Gasteiger partial charge in [0.15, 0.2) is 0 Å². The Balaban J connectivity index is 3.10. The van der Waals surface area contributed by atoms with E-state index in [1.807, 2.05) is 20.1 Å². The van der Waals surface area contributed by atoms with Crippen LogP contribution in [0.3, 0.4) is 0 Å². The zero-order chi connectivity index (χ0) is 16.3. The molecule has 120 valence electrons. The van der Waals surface area contributed by atoms with Crippen molar-refractivity contribution in [2.24, 2.45) is 0 Å². The van der Waals surface area contributed by atoms with Gasteiger partial charge in [-0.15, -0.1) is 0 Å². The molecular weight excluding hydrogens is 351 g/mol. The molecule has 0 heterocycles. The van der Waals surface area contributed by atoms with Gasteiger partial charge in [0.05, 0.1) is 5.02 Å². The summed E-state index contributed by atoms with van der Waals surface area (Å²) in [5.74, 6) is 0. The van der Waals surface area contributed by atoms with E-state index in [0.29, 0.717) is 23.7 Å². The minimum Gasteiger partial charge on any atom is -0.316 e. The van der Waals surface area contributed by atoms with E-state index in [2.05, 4.69) is 10.0 Å². The predicted molar refractivity (Wildman–Crippen MR) is 92.0 cm³/mol. The van der Waals surface area contributed by atoms with Crippen LogP contribution in [0.5, 0.6) is 0 Å². The summed E-state index contributed by atoms with van der Waals surface area (Å²) >= 11 is 13.7. The van der Waals surface area contributed by atoms with Gasteiger partial charge < -0.3 is 5.32 Å². The molecule has 1 rings (SSSR count). The van der Waals surface area contributed by atoms with Crippen LogP contribution in [-0.2, 0) is 16.6 Å². The van der Waals surface area contributed by atoms with Crippen molar-refractivity contribution < 1.29 is 8.42 Å². The second-order valence-corrected chi connectivity index (χ2v) is 9.26. The standard InChI is InChI=1S/C13H20Cl2N2O2S2/c1-13(2,20-4)8-17-21(18,19)12-5-9(7-16-3)10(14)6-11(12)15/h5-6,16-17H,7-8H2,1-4H3. The lowest BCUT2D eigenvalue weighted by molar-refractivity contribution is 0.570. The zero-order valence-corrected chi connectivity index (χ0v) is 15.6. The number of thioether (sulfide) groups is 1. The van der Waals surface area contributed by atoms with Crippen LogP contribution >= 0.6 is 35.0 Å². The first kappa shape index (κ1) is 19.1. The van der Waals surface area contributed by atoms with Gasteiger partial charge in [0.25, 0.3) is 0 Å². The molecule has 0 amide bonds. The monoisotopic (exact) mass is 370 g/mol. The summed E-state index contributed by atoms with van der Waals surface area (Å²) in [5.41, 5.74) is 0.688. The van der Waals surface area contributed by atoms with Gasteiger partial charge in [-0.25, -0.2) is 13.1 Å². The zero-order valence-electron chi connectivity index (χ0n) is 12.5. The molecule has 0 aliphatic rings. The molecule has 8 heteroatoms. The van der Waals surface area contributed by atoms with Gasteiger partial charge in [-0.05, 0) is 44.8 Å². The third kappa shape index (κ3) is 5.30. The van der Waals surface area contributed by atoms with E-state index in [0.717, 1.165) is 0 Å². The number of nitrogens with one attached hydrogen (secondary N) is 2. The van der Waals surface area contributed by atoms with Gasteiger partial charge in [0.1, 0.15) is 4.90 Å². The lowest BCUT2D eigenvalue weighted by Crippen LogP contribution is -2.36. The Kier molecular flexibility index (Phi) is 6.83. The molecule has 2 N–H and O–H groups in total. The largest absolute Gasteiger partial charge is 0.316 e. The Morgan fingerprint density at radius 3 is 2.38 bits per heavy atom. The molecule has 0 unspecified atom stereocenters. The van der Waals surface area contributed by atoms with Gasteiger partial charge in [0, 0.05) is 22.9 Å². The third-order valence-corrected chi connectivity index (χ3v) is 6.47. The fourth-order valence-corrected chi connectivity index (χ4v) is 3.90. The van der Waals surface area contributed by atoms with Crippen LogP contribution in [0.25, 0.3) is 0 Å². The summed E-state index contributed by atoms with van der Waals surface area (Å²) in [7, 11) is -1.91. The summed E-state index contributed by atoms with van der Waals surface area (Å²) in [6, 6.07) is 2.97. The summed E-state index contributed by atoms with van der Waals surface area (Å²) in [4.78, 5) is 0.0516. The lowest BCUT2D eigenvalue weighted by atomic mass is 10.2. The Morgan fingerprint density at radius 1 is 1.24 bits per heavy atom.